The lowest BCUT2D eigenvalue weighted by Crippen LogP contribution is -1.77. The van der Waals surface area contributed by atoms with Crippen molar-refractivity contribution in [3.63, 3.8) is 0 Å². The predicted octanol–water partition coefficient (Wildman–Crippen LogP) is 2.11. The van der Waals surface area contributed by atoms with E-state index in [9.17, 15) is 4.39 Å². The molecule has 0 saturated carbocycles. The molecule has 0 radical (unpaired) electrons. The molecule has 0 aliphatic heterocycles. The van der Waals surface area contributed by atoms with Crippen LogP contribution in [0.2, 0.25) is 0 Å². The molecule has 0 atom stereocenters. The van der Waals surface area contributed by atoms with E-state index in [-0.39, 0.29) is 13.2 Å². The predicted molar refractivity (Wildman–Crippen MR) is 36.8 cm³/mol. The maximum absolute atomic E-state index is 12.3. The molecule has 0 aromatic carbocycles. The fourth-order valence-electron chi connectivity index (χ4n) is 0.685. The van der Waals surface area contributed by atoms with Gasteiger partial charge in [0.25, 0.3) is 0 Å². The van der Waals surface area contributed by atoms with Gasteiger partial charge in [0.05, 0.1) is 0 Å². The van der Waals surface area contributed by atoms with Crippen LogP contribution in [0.3, 0.4) is 0 Å². The second kappa shape index (κ2) is 2.67. The van der Waals surface area contributed by atoms with Gasteiger partial charge < -0.3 is 4.57 Å². The van der Waals surface area contributed by atoms with Gasteiger partial charge in [0.2, 0.25) is 0 Å². The molecule has 0 aliphatic rings. The van der Waals surface area contributed by atoms with Gasteiger partial charge in [-0.05, 0) is 6.92 Å². The number of aryl methyl sites for hydroxylation is 2. The number of halogens is 1. The number of nitrogens with zero attached hydrogens (tertiary/aromatic N) is 1. The Labute approximate surface area is 55.1 Å². The van der Waals surface area contributed by atoms with E-state index < -0.39 is 0 Å². The van der Waals surface area contributed by atoms with Gasteiger partial charge in [-0.25, -0.2) is 4.39 Å². The van der Waals surface area contributed by atoms with Crippen LogP contribution in [0.5, 0.6) is 0 Å². The van der Waals surface area contributed by atoms with Gasteiger partial charge in [-0.15, -0.1) is 0 Å². The van der Waals surface area contributed by atoms with Gasteiger partial charge in [0.1, 0.15) is 5.82 Å². The Morgan fingerprint density at radius 2 is 2.00 bits per heavy atom. The average Bonchev–Trinajstić information content (AvgIpc) is 1.85. The molecule has 0 amide bonds. The van der Waals surface area contributed by atoms with E-state index in [0.717, 1.165) is 0 Å². The highest BCUT2D eigenvalue weighted by Crippen LogP contribution is 2.03. The third kappa shape index (κ3) is 1.56. The first-order chi connectivity index (χ1) is 3.70. The number of hydrogen-bond acceptors (Lipinski definition) is 0. The minimum Gasteiger partial charge on any atom is -0.354 e. The standard InChI is InChI=1S/C6H8FN.CH4/c1-5-3-8(2)4-6(5)7;/h3-4H,1-2H3;1H4. The van der Waals surface area contributed by atoms with Crippen LogP contribution in [-0.2, 0) is 7.05 Å². The van der Waals surface area contributed by atoms with E-state index in [1.807, 2.05) is 0 Å². The quantitative estimate of drug-likeness (QED) is 0.505. The zero-order valence-electron chi connectivity index (χ0n) is 4.98. The Kier molecular flexibility index (Phi) is 2.43. The first kappa shape index (κ1) is 8.21. The van der Waals surface area contributed by atoms with Crippen molar-refractivity contribution >= 4 is 0 Å². The molecule has 0 spiro atoms. The number of aromatic nitrogens is 1. The summed E-state index contributed by atoms with van der Waals surface area (Å²) in [5.41, 5.74) is 0.701. The molecule has 0 aliphatic carbocycles. The first-order valence-corrected chi connectivity index (χ1v) is 2.48. The molecule has 0 bridgehead atoms. The van der Waals surface area contributed by atoms with Gasteiger partial charge in [0.15, 0.2) is 0 Å². The van der Waals surface area contributed by atoms with Crippen molar-refractivity contribution in [1.29, 1.82) is 0 Å². The van der Waals surface area contributed by atoms with Gasteiger partial charge >= 0.3 is 0 Å². The maximum atomic E-state index is 12.3. The van der Waals surface area contributed by atoms with E-state index in [1.54, 1.807) is 24.7 Å². The Hall–Kier alpha value is -0.790. The van der Waals surface area contributed by atoms with Crippen LogP contribution in [0.4, 0.5) is 4.39 Å². The lowest BCUT2D eigenvalue weighted by molar-refractivity contribution is 0.617. The summed E-state index contributed by atoms with van der Waals surface area (Å²) in [6.07, 6.45) is 3.20. The average molecular weight is 129 g/mol. The minimum atomic E-state index is -0.132. The van der Waals surface area contributed by atoms with Gasteiger partial charge in [-0.1, -0.05) is 7.43 Å². The maximum Gasteiger partial charge on any atom is 0.143 e. The summed E-state index contributed by atoms with van der Waals surface area (Å²) in [5, 5.41) is 0. The summed E-state index contributed by atoms with van der Waals surface area (Å²) < 4.78 is 14.0. The molecule has 1 rings (SSSR count). The van der Waals surface area contributed by atoms with E-state index in [2.05, 4.69) is 0 Å². The topological polar surface area (TPSA) is 4.93 Å². The highest BCUT2D eigenvalue weighted by atomic mass is 19.1. The first-order valence-electron chi connectivity index (χ1n) is 2.48. The normalized spacial score (nSPS) is 8.78. The molecule has 0 N–H and O–H groups in total. The van der Waals surface area contributed by atoms with Crippen LogP contribution in [0.1, 0.15) is 13.0 Å². The van der Waals surface area contributed by atoms with Crippen molar-refractivity contribution in [1.82, 2.24) is 4.57 Å². The largest absolute Gasteiger partial charge is 0.354 e. The molecule has 0 unspecified atom stereocenters. The summed E-state index contributed by atoms with van der Waals surface area (Å²) >= 11 is 0. The molecule has 52 valence electrons. The van der Waals surface area contributed by atoms with E-state index >= 15 is 0 Å². The van der Waals surface area contributed by atoms with E-state index in [1.165, 1.54) is 6.20 Å². The van der Waals surface area contributed by atoms with E-state index in [0.29, 0.717) is 5.56 Å². The van der Waals surface area contributed by atoms with Crippen molar-refractivity contribution in [2.45, 2.75) is 14.4 Å². The third-order valence-electron chi connectivity index (χ3n) is 1.09. The minimum absolute atomic E-state index is 0. The molecule has 1 aromatic rings. The highest BCUT2D eigenvalue weighted by molar-refractivity contribution is 5.09. The fraction of sp³-hybridized carbons (Fsp3) is 0.429. The summed E-state index contributed by atoms with van der Waals surface area (Å²) in [6.45, 7) is 1.75. The molecule has 1 heterocycles. The summed E-state index contributed by atoms with van der Waals surface area (Å²) in [7, 11) is 1.80. The van der Waals surface area contributed by atoms with Crippen molar-refractivity contribution in [2.24, 2.45) is 7.05 Å². The van der Waals surface area contributed by atoms with Gasteiger partial charge in [-0.2, -0.15) is 0 Å². The van der Waals surface area contributed by atoms with Gasteiger partial charge in [-0.3, -0.25) is 0 Å². The van der Waals surface area contributed by atoms with Crippen LogP contribution in [-0.4, -0.2) is 4.57 Å². The van der Waals surface area contributed by atoms with Crippen molar-refractivity contribution < 1.29 is 4.39 Å². The molecular formula is C7H12FN. The van der Waals surface area contributed by atoms with Crippen LogP contribution >= 0.6 is 0 Å². The SMILES string of the molecule is C.Cc1cn(C)cc1F. The molecule has 1 nitrogen and oxygen atoms in total. The van der Waals surface area contributed by atoms with Crippen LogP contribution < -0.4 is 0 Å². The Morgan fingerprint density at radius 1 is 1.44 bits per heavy atom. The monoisotopic (exact) mass is 129 g/mol. The second-order valence-corrected chi connectivity index (χ2v) is 1.95. The highest BCUT2D eigenvalue weighted by Gasteiger charge is 1.95. The summed E-state index contributed by atoms with van der Waals surface area (Å²) in [4.78, 5) is 0. The van der Waals surface area contributed by atoms with E-state index in [4.69, 9.17) is 0 Å². The van der Waals surface area contributed by atoms with Crippen LogP contribution in [0.25, 0.3) is 0 Å². The Morgan fingerprint density at radius 3 is 2.11 bits per heavy atom. The zero-order chi connectivity index (χ0) is 6.15. The lowest BCUT2D eigenvalue weighted by atomic mass is 10.4. The summed E-state index contributed by atoms with van der Waals surface area (Å²) in [6, 6.07) is 0. The van der Waals surface area contributed by atoms with Crippen molar-refractivity contribution in [3.05, 3.63) is 23.8 Å². The van der Waals surface area contributed by atoms with Crippen molar-refractivity contribution in [2.75, 3.05) is 0 Å². The second-order valence-electron chi connectivity index (χ2n) is 1.95. The zero-order valence-corrected chi connectivity index (χ0v) is 4.98. The molecule has 9 heavy (non-hydrogen) atoms. The molecule has 1 aromatic heterocycles. The number of hydrogen-bond donors (Lipinski definition) is 0. The molecular weight excluding hydrogens is 117 g/mol. The molecule has 0 saturated heterocycles. The smallest absolute Gasteiger partial charge is 0.143 e. The molecule has 0 fully saturated rings. The fourth-order valence-corrected chi connectivity index (χ4v) is 0.685. The summed E-state index contributed by atoms with van der Waals surface area (Å²) in [5.74, 6) is -0.132. The number of rotatable bonds is 0. The third-order valence-corrected chi connectivity index (χ3v) is 1.09. The van der Waals surface area contributed by atoms with Crippen molar-refractivity contribution in [3.8, 4) is 0 Å². The Balaban J connectivity index is 0.000000640. The van der Waals surface area contributed by atoms with Crippen LogP contribution in [0, 0.1) is 12.7 Å². The van der Waals surface area contributed by atoms with Crippen LogP contribution in [0.15, 0.2) is 12.4 Å². The molecule has 2 heteroatoms. The lowest BCUT2D eigenvalue weighted by Gasteiger charge is -1.80. The Bertz CT molecular complexity index is 171. The van der Waals surface area contributed by atoms with Gasteiger partial charge in [0, 0.05) is 25.0 Å².